The van der Waals surface area contributed by atoms with E-state index in [-0.39, 0.29) is 23.6 Å². The van der Waals surface area contributed by atoms with Gasteiger partial charge in [0.15, 0.2) is 5.11 Å². The van der Waals surface area contributed by atoms with Crippen LogP contribution in [-0.4, -0.2) is 53.5 Å². The summed E-state index contributed by atoms with van der Waals surface area (Å²) in [7, 11) is 0. The van der Waals surface area contributed by atoms with Gasteiger partial charge in [0, 0.05) is 38.6 Å². The summed E-state index contributed by atoms with van der Waals surface area (Å²) in [5.41, 5.74) is 1.01. The van der Waals surface area contributed by atoms with E-state index in [2.05, 4.69) is 10.2 Å². The van der Waals surface area contributed by atoms with Crippen LogP contribution in [-0.2, 0) is 4.79 Å². The molecule has 0 spiro atoms. The lowest BCUT2D eigenvalue weighted by Crippen LogP contribution is -2.40. The van der Waals surface area contributed by atoms with Crippen LogP contribution in [0.1, 0.15) is 31.2 Å². The molecule has 1 aromatic carbocycles. The van der Waals surface area contributed by atoms with Crippen molar-refractivity contribution in [2.45, 2.75) is 25.7 Å². The van der Waals surface area contributed by atoms with Crippen LogP contribution in [0.15, 0.2) is 24.3 Å². The first-order valence-electron chi connectivity index (χ1n) is 8.67. The maximum atomic E-state index is 13.3. The first-order valence-corrected chi connectivity index (χ1v) is 9.08. The van der Waals surface area contributed by atoms with Gasteiger partial charge in [-0.1, -0.05) is 12.1 Å². The highest BCUT2D eigenvalue weighted by Gasteiger charge is 2.41. The fourth-order valence-electron chi connectivity index (χ4n) is 3.70. The Hall–Kier alpha value is -1.69. The molecule has 0 aliphatic carbocycles. The Kier molecular flexibility index (Phi) is 5.33. The molecule has 2 atom stereocenters. The zero-order chi connectivity index (χ0) is 17.1. The van der Waals surface area contributed by atoms with E-state index in [9.17, 15) is 9.18 Å². The van der Waals surface area contributed by atoms with E-state index in [0.29, 0.717) is 18.2 Å². The molecule has 2 fully saturated rings. The highest BCUT2D eigenvalue weighted by molar-refractivity contribution is 7.80. The van der Waals surface area contributed by atoms with Gasteiger partial charge in [-0.05, 0) is 49.7 Å². The average molecular weight is 349 g/mol. The van der Waals surface area contributed by atoms with Crippen molar-refractivity contribution in [1.29, 1.82) is 0 Å². The number of benzene rings is 1. The van der Waals surface area contributed by atoms with Gasteiger partial charge in [0.25, 0.3) is 0 Å². The third kappa shape index (κ3) is 3.53. The number of carbonyl (C=O) groups is 1. The molecule has 0 saturated carbocycles. The van der Waals surface area contributed by atoms with Crippen molar-refractivity contribution in [1.82, 2.24) is 15.1 Å². The number of hydrogen-bond acceptors (Lipinski definition) is 2. The minimum atomic E-state index is -0.251. The van der Waals surface area contributed by atoms with Crippen LogP contribution >= 0.6 is 12.2 Å². The minimum Gasteiger partial charge on any atom is -0.363 e. The van der Waals surface area contributed by atoms with E-state index in [1.165, 1.54) is 12.1 Å². The van der Waals surface area contributed by atoms with Crippen LogP contribution < -0.4 is 5.32 Å². The van der Waals surface area contributed by atoms with Crippen molar-refractivity contribution in [2.75, 3.05) is 32.7 Å². The Bertz CT molecular complexity index is 601. The van der Waals surface area contributed by atoms with Gasteiger partial charge >= 0.3 is 0 Å². The Morgan fingerprint density at radius 3 is 2.50 bits per heavy atom. The summed E-state index contributed by atoms with van der Waals surface area (Å²) in [5.74, 6) is -0.108. The van der Waals surface area contributed by atoms with Crippen LogP contribution in [0.5, 0.6) is 0 Å². The number of hydrogen-bond donors (Lipinski definition) is 1. The molecule has 2 aliphatic heterocycles. The molecule has 6 heteroatoms. The largest absolute Gasteiger partial charge is 0.363 e. The third-order valence-corrected chi connectivity index (χ3v) is 5.37. The molecule has 0 bridgehead atoms. The first kappa shape index (κ1) is 17.1. The SMILES string of the molecule is CCNC(=S)N1C[C@H](C(=O)N2CCCC2)[C@H](c2ccc(F)cc2)C1. The van der Waals surface area contributed by atoms with Crippen LogP contribution in [0.3, 0.4) is 0 Å². The highest BCUT2D eigenvalue weighted by atomic mass is 32.1. The second-order valence-corrected chi connectivity index (χ2v) is 6.92. The molecule has 1 amide bonds. The Labute approximate surface area is 148 Å². The number of nitrogens with one attached hydrogen (secondary N) is 1. The topological polar surface area (TPSA) is 35.6 Å². The van der Waals surface area contributed by atoms with E-state index >= 15 is 0 Å². The maximum absolute atomic E-state index is 13.3. The lowest BCUT2D eigenvalue weighted by atomic mass is 9.88. The van der Waals surface area contributed by atoms with Gasteiger partial charge in [0.2, 0.25) is 5.91 Å². The van der Waals surface area contributed by atoms with Crippen LogP contribution in [0, 0.1) is 11.7 Å². The van der Waals surface area contributed by atoms with E-state index < -0.39 is 0 Å². The van der Waals surface area contributed by atoms with E-state index in [1.54, 1.807) is 12.1 Å². The molecule has 1 N–H and O–H groups in total. The summed E-state index contributed by atoms with van der Waals surface area (Å²) < 4.78 is 13.3. The smallest absolute Gasteiger partial charge is 0.228 e. The van der Waals surface area contributed by atoms with Crippen LogP contribution in [0.4, 0.5) is 4.39 Å². The molecular formula is C18H24FN3OS. The van der Waals surface area contributed by atoms with Gasteiger partial charge in [0.1, 0.15) is 5.82 Å². The summed E-state index contributed by atoms with van der Waals surface area (Å²) in [5, 5.41) is 3.87. The molecule has 4 nitrogen and oxygen atoms in total. The van der Waals surface area contributed by atoms with Crippen LogP contribution in [0.25, 0.3) is 0 Å². The number of carbonyl (C=O) groups excluding carboxylic acids is 1. The zero-order valence-corrected chi connectivity index (χ0v) is 14.8. The number of halogens is 1. The summed E-state index contributed by atoms with van der Waals surface area (Å²) in [4.78, 5) is 17.0. The quantitative estimate of drug-likeness (QED) is 0.850. The average Bonchev–Trinajstić information content (AvgIpc) is 3.25. The number of nitrogens with zero attached hydrogens (tertiary/aromatic N) is 2. The molecular weight excluding hydrogens is 325 g/mol. The summed E-state index contributed by atoms with van der Waals surface area (Å²) in [6.07, 6.45) is 2.17. The summed E-state index contributed by atoms with van der Waals surface area (Å²) >= 11 is 5.44. The maximum Gasteiger partial charge on any atom is 0.228 e. The molecule has 2 aliphatic rings. The number of likely N-dealkylation sites (tertiary alicyclic amines) is 2. The normalized spacial score (nSPS) is 23.6. The molecule has 130 valence electrons. The summed E-state index contributed by atoms with van der Waals surface area (Å²) in [6, 6.07) is 6.53. The van der Waals surface area contributed by atoms with Gasteiger partial charge in [-0.2, -0.15) is 0 Å². The van der Waals surface area contributed by atoms with Crippen molar-refractivity contribution in [3.8, 4) is 0 Å². The molecule has 0 unspecified atom stereocenters. The molecule has 0 radical (unpaired) electrons. The minimum absolute atomic E-state index is 0.0512. The molecule has 24 heavy (non-hydrogen) atoms. The van der Waals surface area contributed by atoms with E-state index in [0.717, 1.165) is 38.0 Å². The van der Waals surface area contributed by atoms with Crippen LogP contribution in [0.2, 0.25) is 0 Å². The fraction of sp³-hybridized carbons (Fsp3) is 0.556. The van der Waals surface area contributed by atoms with Gasteiger partial charge < -0.3 is 15.1 Å². The first-order chi connectivity index (χ1) is 11.6. The zero-order valence-electron chi connectivity index (χ0n) is 14.0. The fourth-order valence-corrected chi connectivity index (χ4v) is 4.00. The monoisotopic (exact) mass is 349 g/mol. The van der Waals surface area contributed by atoms with Gasteiger partial charge in [0.05, 0.1) is 5.92 Å². The van der Waals surface area contributed by atoms with Gasteiger partial charge in [-0.25, -0.2) is 4.39 Å². The van der Waals surface area contributed by atoms with Crippen molar-refractivity contribution in [3.63, 3.8) is 0 Å². The second-order valence-electron chi connectivity index (χ2n) is 6.54. The number of thiocarbonyl (C=S) groups is 1. The predicted octanol–water partition coefficient (Wildman–Crippen LogP) is 2.36. The van der Waals surface area contributed by atoms with Crippen molar-refractivity contribution in [3.05, 3.63) is 35.6 Å². The molecule has 2 heterocycles. The number of rotatable bonds is 3. The molecule has 1 aromatic rings. The standard InChI is InChI=1S/C18H24FN3OS/c1-2-20-18(24)22-11-15(13-5-7-14(19)8-6-13)16(12-22)17(23)21-9-3-4-10-21/h5-8,15-16H,2-4,9-12H2,1H3,(H,20,24)/t15-,16-/m0/s1. The van der Waals surface area contributed by atoms with Gasteiger partial charge in [-0.15, -0.1) is 0 Å². The lowest BCUT2D eigenvalue weighted by molar-refractivity contribution is -0.134. The van der Waals surface area contributed by atoms with Crippen molar-refractivity contribution < 1.29 is 9.18 Å². The summed E-state index contributed by atoms with van der Waals surface area (Å²) in [6.45, 7) is 5.80. The van der Waals surface area contributed by atoms with Crippen molar-refractivity contribution in [2.24, 2.45) is 5.92 Å². The molecule has 0 aromatic heterocycles. The molecule has 3 rings (SSSR count). The lowest BCUT2D eigenvalue weighted by Gasteiger charge is -2.24. The Balaban J connectivity index is 1.82. The van der Waals surface area contributed by atoms with Gasteiger partial charge in [-0.3, -0.25) is 4.79 Å². The molecule has 2 saturated heterocycles. The second kappa shape index (κ2) is 7.47. The number of amides is 1. The highest BCUT2D eigenvalue weighted by Crippen LogP contribution is 2.34. The Morgan fingerprint density at radius 2 is 1.88 bits per heavy atom. The third-order valence-electron chi connectivity index (χ3n) is 4.97. The predicted molar refractivity (Wildman–Crippen MR) is 96.3 cm³/mol. The van der Waals surface area contributed by atoms with Crippen molar-refractivity contribution >= 4 is 23.2 Å². The van der Waals surface area contributed by atoms with E-state index in [1.807, 2.05) is 11.8 Å². The van der Waals surface area contributed by atoms with E-state index in [4.69, 9.17) is 12.2 Å². The Morgan fingerprint density at radius 1 is 1.21 bits per heavy atom.